The Morgan fingerprint density at radius 2 is 1.96 bits per heavy atom. The predicted octanol–water partition coefficient (Wildman–Crippen LogP) is 1.88. The standard InChI is InChI=1S/C17H17N3O7/c1-11(16(22)19-12-5-2-3-6-13(12)20(24)25)27-15(21)8-9-18-17(23)14-7-4-10-26-14/h2-7,10-11H,8-9H2,1H3,(H,18,23)(H,19,22). The summed E-state index contributed by atoms with van der Waals surface area (Å²) in [5, 5.41) is 15.8. The summed E-state index contributed by atoms with van der Waals surface area (Å²) in [7, 11) is 0. The normalized spacial score (nSPS) is 11.3. The lowest BCUT2D eigenvalue weighted by Crippen LogP contribution is -2.32. The van der Waals surface area contributed by atoms with Gasteiger partial charge in [0.2, 0.25) is 0 Å². The van der Waals surface area contributed by atoms with Crippen molar-refractivity contribution < 1.29 is 28.5 Å². The SMILES string of the molecule is CC(OC(=O)CCNC(=O)c1ccco1)C(=O)Nc1ccccc1[N+](=O)[O-]. The van der Waals surface area contributed by atoms with Gasteiger partial charge in [0.15, 0.2) is 11.9 Å². The molecule has 1 unspecified atom stereocenters. The van der Waals surface area contributed by atoms with Gasteiger partial charge in [-0.3, -0.25) is 24.5 Å². The number of nitro benzene ring substituents is 1. The fourth-order valence-electron chi connectivity index (χ4n) is 2.06. The van der Waals surface area contributed by atoms with Gasteiger partial charge >= 0.3 is 5.97 Å². The fraction of sp³-hybridized carbons (Fsp3) is 0.235. The van der Waals surface area contributed by atoms with Crippen molar-refractivity contribution in [2.24, 2.45) is 0 Å². The lowest BCUT2D eigenvalue weighted by Gasteiger charge is -2.13. The Hall–Kier alpha value is -3.69. The molecule has 0 aliphatic heterocycles. The number of nitrogens with one attached hydrogen (secondary N) is 2. The zero-order valence-corrected chi connectivity index (χ0v) is 14.3. The number of nitrogens with zero attached hydrogens (tertiary/aromatic N) is 1. The van der Waals surface area contributed by atoms with Crippen LogP contribution in [0.4, 0.5) is 11.4 Å². The topological polar surface area (TPSA) is 141 Å². The van der Waals surface area contributed by atoms with E-state index < -0.39 is 28.8 Å². The Morgan fingerprint density at radius 1 is 1.22 bits per heavy atom. The number of esters is 1. The van der Waals surface area contributed by atoms with E-state index in [1.165, 1.54) is 43.5 Å². The van der Waals surface area contributed by atoms with Crippen LogP contribution in [-0.2, 0) is 14.3 Å². The second kappa shape index (κ2) is 9.13. The lowest BCUT2D eigenvalue weighted by atomic mass is 10.2. The second-order valence-electron chi connectivity index (χ2n) is 5.38. The molecule has 1 aromatic heterocycles. The molecule has 0 saturated carbocycles. The predicted molar refractivity (Wildman–Crippen MR) is 92.9 cm³/mol. The van der Waals surface area contributed by atoms with E-state index in [1.807, 2.05) is 0 Å². The molecule has 0 spiro atoms. The van der Waals surface area contributed by atoms with Gasteiger partial charge in [0.05, 0.1) is 17.6 Å². The molecule has 2 aromatic rings. The highest BCUT2D eigenvalue weighted by Crippen LogP contribution is 2.23. The van der Waals surface area contributed by atoms with Gasteiger partial charge in [-0.2, -0.15) is 0 Å². The monoisotopic (exact) mass is 375 g/mol. The molecule has 1 atom stereocenters. The van der Waals surface area contributed by atoms with Crippen LogP contribution in [0.1, 0.15) is 23.9 Å². The van der Waals surface area contributed by atoms with Gasteiger partial charge in [0, 0.05) is 12.6 Å². The van der Waals surface area contributed by atoms with Gasteiger partial charge in [-0.15, -0.1) is 0 Å². The number of carbonyl (C=O) groups excluding carboxylic acids is 3. The molecule has 0 aliphatic rings. The molecule has 2 N–H and O–H groups in total. The number of rotatable bonds is 8. The maximum atomic E-state index is 12.1. The number of amides is 2. The molecule has 2 rings (SSSR count). The highest BCUT2D eigenvalue weighted by atomic mass is 16.6. The highest BCUT2D eigenvalue weighted by molar-refractivity contribution is 5.97. The summed E-state index contributed by atoms with van der Waals surface area (Å²) in [4.78, 5) is 45.8. The number of benzene rings is 1. The van der Waals surface area contributed by atoms with Crippen molar-refractivity contribution in [3.8, 4) is 0 Å². The van der Waals surface area contributed by atoms with Crippen LogP contribution in [-0.4, -0.2) is 35.4 Å². The molecule has 0 radical (unpaired) electrons. The van der Waals surface area contributed by atoms with Crippen LogP contribution in [0, 0.1) is 10.1 Å². The Labute approximate surface area is 153 Å². The largest absolute Gasteiger partial charge is 0.459 e. The molecule has 0 saturated heterocycles. The zero-order valence-electron chi connectivity index (χ0n) is 14.3. The third-order valence-electron chi connectivity index (χ3n) is 3.40. The Bertz CT molecular complexity index is 833. The molecule has 27 heavy (non-hydrogen) atoms. The summed E-state index contributed by atoms with van der Waals surface area (Å²) >= 11 is 0. The minimum absolute atomic E-state index is 0.00103. The van der Waals surface area contributed by atoms with E-state index in [1.54, 1.807) is 6.07 Å². The zero-order chi connectivity index (χ0) is 19.8. The average molecular weight is 375 g/mol. The Balaban J connectivity index is 1.79. The van der Waals surface area contributed by atoms with Gasteiger partial charge in [-0.1, -0.05) is 12.1 Å². The number of carbonyl (C=O) groups is 3. The van der Waals surface area contributed by atoms with E-state index >= 15 is 0 Å². The van der Waals surface area contributed by atoms with Gasteiger partial charge < -0.3 is 19.8 Å². The van der Waals surface area contributed by atoms with Crippen LogP contribution < -0.4 is 10.6 Å². The van der Waals surface area contributed by atoms with Crippen molar-refractivity contribution in [3.05, 3.63) is 58.5 Å². The van der Waals surface area contributed by atoms with Crippen molar-refractivity contribution in [1.29, 1.82) is 0 Å². The van der Waals surface area contributed by atoms with E-state index in [9.17, 15) is 24.5 Å². The van der Waals surface area contributed by atoms with Crippen molar-refractivity contribution in [1.82, 2.24) is 5.32 Å². The van der Waals surface area contributed by atoms with Crippen LogP contribution in [0.3, 0.4) is 0 Å². The quantitative estimate of drug-likeness (QED) is 0.407. The Kier molecular flexibility index (Phi) is 6.64. The van der Waals surface area contributed by atoms with Gasteiger partial charge in [0.25, 0.3) is 17.5 Å². The molecule has 0 bridgehead atoms. The molecule has 1 aromatic carbocycles. The summed E-state index contributed by atoms with van der Waals surface area (Å²) in [5.74, 6) is -1.78. The lowest BCUT2D eigenvalue weighted by molar-refractivity contribution is -0.383. The van der Waals surface area contributed by atoms with Crippen molar-refractivity contribution in [2.45, 2.75) is 19.4 Å². The van der Waals surface area contributed by atoms with Crippen LogP contribution >= 0.6 is 0 Å². The van der Waals surface area contributed by atoms with Crippen molar-refractivity contribution >= 4 is 29.2 Å². The molecule has 1 heterocycles. The van der Waals surface area contributed by atoms with E-state index in [0.29, 0.717) is 0 Å². The van der Waals surface area contributed by atoms with Crippen LogP contribution in [0.2, 0.25) is 0 Å². The minimum atomic E-state index is -1.17. The van der Waals surface area contributed by atoms with E-state index in [-0.39, 0.29) is 30.1 Å². The average Bonchev–Trinajstić information content (AvgIpc) is 3.16. The summed E-state index contributed by atoms with van der Waals surface area (Å²) in [6.07, 6.45) is 0.0221. The third-order valence-corrected chi connectivity index (χ3v) is 3.40. The maximum absolute atomic E-state index is 12.1. The second-order valence-corrected chi connectivity index (χ2v) is 5.38. The minimum Gasteiger partial charge on any atom is -0.459 e. The van der Waals surface area contributed by atoms with Gasteiger partial charge in [0.1, 0.15) is 5.69 Å². The molecule has 10 nitrogen and oxygen atoms in total. The summed E-state index contributed by atoms with van der Waals surface area (Å²) in [6.45, 7) is 1.33. The molecular weight excluding hydrogens is 358 g/mol. The Morgan fingerprint density at radius 3 is 2.63 bits per heavy atom. The summed E-state index contributed by atoms with van der Waals surface area (Å²) in [6, 6.07) is 8.64. The number of ether oxygens (including phenoxy) is 1. The fourth-order valence-corrected chi connectivity index (χ4v) is 2.06. The first-order chi connectivity index (χ1) is 12.9. The number of para-hydroxylation sites is 2. The molecule has 0 fully saturated rings. The third kappa shape index (κ3) is 5.66. The number of furan rings is 1. The number of nitro groups is 1. The van der Waals surface area contributed by atoms with Crippen LogP contribution in [0.25, 0.3) is 0 Å². The van der Waals surface area contributed by atoms with Crippen molar-refractivity contribution in [2.75, 3.05) is 11.9 Å². The molecule has 0 aliphatic carbocycles. The van der Waals surface area contributed by atoms with E-state index in [0.717, 1.165) is 0 Å². The number of hydrogen-bond acceptors (Lipinski definition) is 7. The maximum Gasteiger partial charge on any atom is 0.308 e. The van der Waals surface area contributed by atoms with Crippen molar-refractivity contribution in [3.63, 3.8) is 0 Å². The van der Waals surface area contributed by atoms with E-state index in [2.05, 4.69) is 10.6 Å². The smallest absolute Gasteiger partial charge is 0.308 e. The summed E-state index contributed by atoms with van der Waals surface area (Å²) in [5.41, 5.74) is -0.272. The first-order valence-corrected chi connectivity index (χ1v) is 7.94. The number of anilines is 1. The molecule has 2 amide bonds. The molecular formula is C17H17N3O7. The van der Waals surface area contributed by atoms with Crippen LogP contribution in [0.5, 0.6) is 0 Å². The molecule has 10 heteroatoms. The first kappa shape index (κ1) is 19.6. The first-order valence-electron chi connectivity index (χ1n) is 7.94. The van der Waals surface area contributed by atoms with Gasteiger partial charge in [-0.25, -0.2) is 0 Å². The van der Waals surface area contributed by atoms with Gasteiger partial charge in [-0.05, 0) is 25.1 Å². The highest BCUT2D eigenvalue weighted by Gasteiger charge is 2.21. The summed E-state index contributed by atoms with van der Waals surface area (Å²) < 4.78 is 9.86. The van der Waals surface area contributed by atoms with E-state index in [4.69, 9.17) is 9.15 Å². The molecule has 142 valence electrons. The number of hydrogen-bond donors (Lipinski definition) is 2. The van der Waals surface area contributed by atoms with Crippen LogP contribution in [0.15, 0.2) is 47.1 Å².